The Morgan fingerprint density at radius 1 is 1.33 bits per heavy atom. The molecular formula is C13H18N6O2. The third-order valence-electron chi connectivity index (χ3n) is 3.58. The van der Waals surface area contributed by atoms with Crippen molar-refractivity contribution in [2.75, 3.05) is 19.6 Å². The number of nitrogens with two attached hydrogens (primary N) is 1. The van der Waals surface area contributed by atoms with Gasteiger partial charge in [-0.3, -0.25) is 4.79 Å². The smallest absolute Gasteiger partial charge is 0.278 e. The summed E-state index contributed by atoms with van der Waals surface area (Å²) in [5, 5.41) is 10.1. The topological polar surface area (TPSA) is 114 Å². The summed E-state index contributed by atoms with van der Waals surface area (Å²) in [6.45, 7) is 2.86. The van der Waals surface area contributed by atoms with Gasteiger partial charge in [-0.15, -0.1) is 0 Å². The van der Waals surface area contributed by atoms with Gasteiger partial charge in [-0.2, -0.15) is 10.1 Å². The van der Waals surface area contributed by atoms with Crippen molar-refractivity contribution in [3.8, 4) is 11.6 Å². The highest BCUT2D eigenvalue weighted by molar-refractivity contribution is 5.44. The van der Waals surface area contributed by atoms with E-state index >= 15 is 0 Å². The van der Waals surface area contributed by atoms with Gasteiger partial charge < -0.3 is 15.2 Å². The molecule has 3 rings (SSSR count). The Hall–Kier alpha value is -2.06. The first-order valence-corrected chi connectivity index (χ1v) is 7.10. The van der Waals surface area contributed by atoms with Crippen LogP contribution >= 0.6 is 0 Å². The first-order chi connectivity index (χ1) is 10.2. The first-order valence-electron chi connectivity index (χ1n) is 7.10. The highest BCUT2D eigenvalue weighted by Crippen LogP contribution is 2.17. The van der Waals surface area contributed by atoms with Gasteiger partial charge in [-0.1, -0.05) is 11.6 Å². The van der Waals surface area contributed by atoms with Gasteiger partial charge in [0, 0.05) is 12.6 Å². The van der Waals surface area contributed by atoms with E-state index in [9.17, 15) is 4.79 Å². The van der Waals surface area contributed by atoms with Crippen molar-refractivity contribution in [3.05, 3.63) is 28.3 Å². The summed E-state index contributed by atoms with van der Waals surface area (Å²) in [6, 6.07) is 2.61. The van der Waals surface area contributed by atoms with E-state index in [2.05, 4.69) is 25.2 Å². The Morgan fingerprint density at radius 3 is 2.86 bits per heavy atom. The number of piperidine rings is 1. The number of aromatic nitrogens is 4. The number of hydrogen-bond donors (Lipinski definition) is 2. The number of nitrogens with one attached hydrogen (secondary N) is 1. The molecule has 1 fully saturated rings. The number of rotatable bonds is 4. The van der Waals surface area contributed by atoms with E-state index in [1.807, 2.05) is 0 Å². The predicted molar refractivity (Wildman–Crippen MR) is 75.4 cm³/mol. The van der Waals surface area contributed by atoms with Crippen molar-refractivity contribution in [3.63, 3.8) is 0 Å². The molecule has 1 atom stereocenters. The molecule has 1 aliphatic heterocycles. The second-order valence-corrected chi connectivity index (χ2v) is 5.23. The third kappa shape index (κ3) is 3.34. The van der Waals surface area contributed by atoms with E-state index in [0.29, 0.717) is 11.5 Å². The predicted octanol–water partition coefficient (Wildman–Crippen LogP) is 0.306. The van der Waals surface area contributed by atoms with Gasteiger partial charge in [0.15, 0.2) is 5.82 Å². The summed E-state index contributed by atoms with van der Waals surface area (Å²) in [5.41, 5.74) is 6.29. The van der Waals surface area contributed by atoms with E-state index < -0.39 is 0 Å². The van der Waals surface area contributed by atoms with Crippen LogP contribution in [0.15, 0.2) is 21.5 Å². The highest BCUT2D eigenvalue weighted by Gasteiger charge is 2.20. The third-order valence-corrected chi connectivity index (χ3v) is 3.58. The lowest BCUT2D eigenvalue weighted by atomic mass is 10.1. The summed E-state index contributed by atoms with van der Waals surface area (Å²) in [5.74, 6) is 0.721. The Morgan fingerprint density at radius 2 is 2.14 bits per heavy atom. The second-order valence-electron chi connectivity index (χ2n) is 5.23. The molecule has 0 aliphatic carbocycles. The molecule has 0 amide bonds. The summed E-state index contributed by atoms with van der Waals surface area (Å²) in [7, 11) is 0. The minimum atomic E-state index is -0.289. The molecule has 2 aromatic heterocycles. The molecule has 0 aromatic carbocycles. The number of hydrogen-bond acceptors (Lipinski definition) is 7. The number of likely N-dealkylation sites (tertiary alicyclic amines) is 1. The van der Waals surface area contributed by atoms with E-state index in [1.54, 1.807) is 0 Å². The van der Waals surface area contributed by atoms with Crippen LogP contribution in [0.3, 0.4) is 0 Å². The number of aromatic amines is 1. The standard InChI is InChI=1S/C13H18N6O2/c14-9(8-19-6-2-1-3-7-19)12-15-13(21-18-12)10-4-5-11(20)17-16-10/h4-5,9H,1-3,6-8,14H2,(H,17,20). The highest BCUT2D eigenvalue weighted by atomic mass is 16.5. The maximum Gasteiger partial charge on any atom is 0.278 e. The molecule has 0 spiro atoms. The van der Waals surface area contributed by atoms with Crippen LogP contribution in [-0.2, 0) is 0 Å². The van der Waals surface area contributed by atoms with E-state index in [0.717, 1.165) is 19.6 Å². The van der Waals surface area contributed by atoms with Gasteiger partial charge >= 0.3 is 0 Å². The van der Waals surface area contributed by atoms with Crippen LogP contribution in [0.5, 0.6) is 0 Å². The Bertz CT molecular complexity index is 626. The average Bonchev–Trinajstić information content (AvgIpc) is 2.99. The van der Waals surface area contributed by atoms with Crippen LogP contribution in [0.2, 0.25) is 0 Å². The van der Waals surface area contributed by atoms with Gasteiger partial charge in [0.25, 0.3) is 11.4 Å². The van der Waals surface area contributed by atoms with Gasteiger partial charge in [0.1, 0.15) is 5.69 Å². The molecule has 112 valence electrons. The lowest BCUT2D eigenvalue weighted by Crippen LogP contribution is -2.36. The number of nitrogens with zero attached hydrogens (tertiary/aromatic N) is 4. The molecule has 0 saturated carbocycles. The summed E-state index contributed by atoms with van der Waals surface area (Å²) >= 11 is 0. The van der Waals surface area contributed by atoms with Crippen LogP contribution < -0.4 is 11.3 Å². The Balaban J connectivity index is 1.68. The molecule has 2 aromatic rings. The summed E-state index contributed by atoms with van der Waals surface area (Å²) in [4.78, 5) is 17.6. The zero-order valence-electron chi connectivity index (χ0n) is 11.7. The molecule has 3 N–H and O–H groups in total. The molecule has 8 heteroatoms. The fourth-order valence-electron chi connectivity index (χ4n) is 2.45. The van der Waals surface area contributed by atoms with Gasteiger partial charge in [0.05, 0.1) is 6.04 Å². The normalized spacial score (nSPS) is 17.8. The van der Waals surface area contributed by atoms with Gasteiger partial charge in [-0.05, 0) is 32.0 Å². The van der Waals surface area contributed by atoms with E-state index in [4.69, 9.17) is 10.3 Å². The van der Waals surface area contributed by atoms with Crippen LogP contribution in [0, 0.1) is 0 Å². The van der Waals surface area contributed by atoms with Crippen molar-refractivity contribution in [2.24, 2.45) is 5.73 Å². The van der Waals surface area contributed by atoms with Crippen LogP contribution in [0.4, 0.5) is 0 Å². The Kier molecular flexibility index (Phi) is 4.07. The molecule has 21 heavy (non-hydrogen) atoms. The molecular weight excluding hydrogens is 272 g/mol. The van der Waals surface area contributed by atoms with Crippen molar-refractivity contribution < 1.29 is 4.52 Å². The monoisotopic (exact) mass is 290 g/mol. The van der Waals surface area contributed by atoms with Crippen molar-refractivity contribution in [1.29, 1.82) is 0 Å². The lowest BCUT2D eigenvalue weighted by molar-refractivity contribution is 0.213. The maximum atomic E-state index is 11.0. The summed E-state index contributed by atoms with van der Waals surface area (Å²) in [6.07, 6.45) is 3.72. The zero-order chi connectivity index (χ0) is 14.7. The molecule has 1 unspecified atom stereocenters. The number of H-pyrrole nitrogens is 1. The molecule has 1 aliphatic rings. The molecule has 1 saturated heterocycles. The first kappa shape index (κ1) is 13.9. The Labute approximate surface area is 121 Å². The van der Waals surface area contributed by atoms with Gasteiger partial charge in [-0.25, -0.2) is 5.10 Å². The van der Waals surface area contributed by atoms with E-state index in [-0.39, 0.29) is 17.5 Å². The van der Waals surface area contributed by atoms with Crippen LogP contribution in [-0.4, -0.2) is 44.9 Å². The average molecular weight is 290 g/mol. The summed E-state index contributed by atoms with van der Waals surface area (Å²) < 4.78 is 5.16. The van der Waals surface area contributed by atoms with Crippen molar-refractivity contribution >= 4 is 0 Å². The van der Waals surface area contributed by atoms with Gasteiger partial charge in [0.2, 0.25) is 0 Å². The fraction of sp³-hybridized carbons (Fsp3) is 0.538. The van der Waals surface area contributed by atoms with Crippen molar-refractivity contribution in [1.82, 2.24) is 25.2 Å². The molecule has 8 nitrogen and oxygen atoms in total. The largest absolute Gasteiger partial charge is 0.332 e. The SMILES string of the molecule is NC(CN1CCCCC1)c1noc(-c2ccc(=O)[nH]n2)n1. The maximum absolute atomic E-state index is 11.0. The van der Waals surface area contributed by atoms with Crippen LogP contribution in [0.1, 0.15) is 31.1 Å². The minimum absolute atomic E-state index is 0.260. The van der Waals surface area contributed by atoms with E-state index in [1.165, 1.54) is 31.4 Å². The zero-order valence-corrected chi connectivity index (χ0v) is 11.7. The molecule has 0 radical (unpaired) electrons. The van der Waals surface area contributed by atoms with Crippen molar-refractivity contribution in [2.45, 2.75) is 25.3 Å². The minimum Gasteiger partial charge on any atom is -0.332 e. The second kappa shape index (κ2) is 6.15. The lowest BCUT2D eigenvalue weighted by Gasteiger charge is -2.27. The van der Waals surface area contributed by atoms with Crippen LogP contribution in [0.25, 0.3) is 11.6 Å². The molecule has 3 heterocycles. The fourth-order valence-corrected chi connectivity index (χ4v) is 2.45. The molecule has 0 bridgehead atoms. The quantitative estimate of drug-likeness (QED) is 0.832.